The van der Waals surface area contributed by atoms with E-state index in [9.17, 15) is 9.59 Å². The first-order valence-electron chi connectivity index (χ1n) is 8.29. The molecule has 0 atom stereocenters. The van der Waals surface area contributed by atoms with Crippen LogP contribution < -0.4 is 0 Å². The van der Waals surface area contributed by atoms with Crippen molar-refractivity contribution in [2.45, 2.75) is 47.0 Å². The molecule has 0 spiro atoms. The summed E-state index contributed by atoms with van der Waals surface area (Å²) in [7, 11) is 3.64. The molecule has 0 heterocycles. The Balaban J connectivity index is 3.71. The fraction of sp³-hybridized carbons (Fsp3) is 0.882. The van der Waals surface area contributed by atoms with Crippen molar-refractivity contribution in [1.29, 1.82) is 0 Å². The van der Waals surface area contributed by atoms with Crippen LogP contribution in [0.5, 0.6) is 0 Å². The third-order valence-corrected chi connectivity index (χ3v) is 3.45. The Kier molecular flexibility index (Phi) is 10.9. The molecule has 0 rings (SSSR count). The van der Waals surface area contributed by atoms with Gasteiger partial charge in [0, 0.05) is 27.2 Å². The normalized spacial score (nSPS) is 11.1. The molecule has 0 saturated carbocycles. The molecule has 0 aromatic carbocycles. The van der Waals surface area contributed by atoms with Crippen molar-refractivity contribution in [1.82, 2.24) is 9.80 Å². The lowest BCUT2D eigenvalue weighted by molar-refractivity contribution is -0.132. The topological polar surface area (TPSA) is 49.9 Å². The minimum Gasteiger partial charge on any atom is -0.380 e. The van der Waals surface area contributed by atoms with E-state index in [0.717, 1.165) is 19.5 Å². The Hall–Kier alpha value is -1.10. The van der Waals surface area contributed by atoms with Gasteiger partial charge in [-0.15, -0.1) is 0 Å². The Morgan fingerprint density at radius 2 is 1.36 bits per heavy atom. The molecule has 0 aliphatic rings. The van der Waals surface area contributed by atoms with Gasteiger partial charge in [0.15, 0.2) is 0 Å². The zero-order valence-electron chi connectivity index (χ0n) is 15.2. The number of carbonyl (C=O) groups is 2. The summed E-state index contributed by atoms with van der Waals surface area (Å²) in [5, 5.41) is 0. The molecular weight excluding hydrogens is 280 g/mol. The lowest BCUT2D eigenvalue weighted by Gasteiger charge is -2.19. The fourth-order valence-electron chi connectivity index (χ4n) is 2.03. The summed E-state index contributed by atoms with van der Waals surface area (Å²) < 4.78 is 5.41. The maximum atomic E-state index is 11.9. The lowest BCUT2D eigenvalue weighted by Crippen LogP contribution is -2.31. The summed E-state index contributed by atoms with van der Waals surface area (Å²) >= 11 is 0. The Morgan fingerprint density at radius 1 is 0.864 bits per heavy atom. The number of hydrogen-bond donors (Lipinski definition) is 0. The first-order chi connectivity index (χ1) is 10.2. The molecule has 0 fully saturated rings. The van der Waals surface area contributed by atoms with Gasteiger partial charge >= 0.3 is 0 Å². The monoisotopic (exact) mass is 314 g/mol. The van der Waals surface area contributed by atoms with Gasteiger partial charge < -0.3 is 14.5 Å². The Morgan fingerprint density at radius 3 is 1.82 bits per heavy atom. The van der Waals surface area contributed by atoms with Crippen LogP contribution in [0.25, 0.3) is 0 Å². The van der Waals surface area contributed by atoms with Gasteiger partial charge in [-0.1, -0.05) is 27.7 Å². The summed E-state index contributed by atoms with van der Waals surface area (Å²) in [5.74, 6) is 1.26. The van der Waals surface area contributed by atoms with Gasteiger partial charge in [0.1, 0.15) is 0 Å². The second-order valence-corrected chi connectivity index (χ2v) is 6.78. The van der Waals surface area contributed by atoms with Crippen LogP contribution in [0.1, 0.15) is 47.0 Å². The van der Waals surface area contributed by atoms with E-state index >= 15 is 0 Å². The number of hydrogen-bond acceptors (Lipinski definition) is 3. The van der Waals surface area contributed by atoms with E-state index in [1.54, 1.807) is 9.80 Å². The second-order valence-electron chi connectivity index (χ2n) is 6.78. The largest absolute Gasteiger partial charge is 0.380 e. The first-order valence-corrected chi connectivity index (χ1v) is 8.29. The molecule has 0 N–H and O–H groups in total. The van der Waals surface area contributed by atoms with Gasteiger partial charge in [-0.3, -0.25) is 9.59 Å². The third kappa shape index (κ3) is 10.6. The highest BCUT2D eigenvalue weighted by Crippen LogP contribution is 2.02. The van der Waals surface area contributed by atoms with Crippen LogP contribution in [0.4, 0.5) is 0 Å². The highest BCUT2D eigenvalue weighted by molar-refractivity contribution is 5.76. The molecule has 2 amide bonds. The van der Waals surface area contributed by atoms with Crippen LogP contribution in [-0.2, 0) is 14.3 Å². The molecule has 22 heavy (non-hydrogen) atoms. The molecule has 0 aromatic heterocycles. The molecule has 0 aliphatic carbocycles. The average molecular weight is 314 g/mol. The molecular formula is C17H34N2O3. The molecule has 0 bridgehead atoms. The lowest BCUT2D eigenvalue weighted by atomic mass is 10.1. The smallest absolute Gasteiger partial charge is 0.224 e. The number of ether oxygens (including phenoxy) is 1. The van der Waals surface area contributed by atoms with E-state index in [1.807, 2.05) is 14.1 Å². The maximum absolute atomic E-state index is 11.9. The second kappa shape index (κ2) is 11.5. The quantitative estimate of drug-likeness (QED) is 0.550. The molecule has 5 heteroatoms. The number of carbonyl (C=O) groups excluding carboxylic acids is 2. The summed E-state index contributed by atoms with van der Waals surface area (Å²) in [6, 6.07) is 0. The van der Waals surface area contributed by atoms with Gasteiger partial charge in [0.2, 0.25) is 11.8 Å². The van der Waals surface area contributed by atoms with Crippen molar-refractivity contribution in [2.24, 2.45) is 11.8 Å². The average Bonchev–Trinajstić information content (AvgIpc) is 2.42. The molecule has 0 radical (unpaired) electrons. The van der Waals surface area contributed by atoms with Gasteiger partial charge in [0.05, 0.1) is 26.1 Å². The van der Waals surface area contributed by atoms with Gasteiger partial charge in [-0.25, -0.2) is 0 Å². The van der Waals surface area contributed by atoms with Crippen molar-refractivity contribution in [3.05, 3.63) is 0 Å². The van der Waals surface area contributed by atoms with Crippen molar-refractivity contribution in [2.75, 3.05) is 40.4 Å². The van der Waals surface area contributed by atoms with Gasteiger partial charge in [0.25, 0.3) is 0 Å². The third-order valence-electron chi connectivity index (χ3n) is 3.45. The minimum atomic E-state index is 0.0917. The minimum absolute atomic E-state index is 0.0917. The van der Waals surface area contributed by atoms with E-state index in [2.05, 4.69) is 27.7 Å². The standard InChI is InChI=1S/C17H34N2O3/c1-14(2)7-10-18(5)16(20)8-11-22-12-9-17(21)19(6)13-15(3)4/h14-15H,7-13H2,1-6H3. The predicted molar refractivity (Wildman–Crippen MR) is 89.6 cm³/mol. The Bertz CT molecular complexity index is 330. The van der Waals surface area contributed by atoms with Crippen LogP contribution >= 0.6 is 0 Å². The van der Waals surface area contributed by atoms with E-state index in [1.165, 1.54) is 0 Å². The number of amides is 2. The van der Waals surface area contributed by atoms with Crippen LogP contribution in [0, 0.1) is 11.8 Å². The molecule has 0 unspecified atom stereocenters. The van der Waals surface area contributed by atoms with E-state index < -0.39 is 0 Å². The summed E-state index contributed by atoms with van der Waals surface area (Å²) in [6.45, 7) is 10.8. The first kappa shape index (κ1) is 20.9. The van der Waals surface area contributed by atoms with Crippen molar-refractivity contribution >= 4 is 11.8 Å². The van der Waals surface area contributed by atoms with Gasteiger partial charge in [-0.2, -0.15) is 0 Å². The summed E-state index contributed by atoms with van der Waals surface area (Å²) in [5.41, 5.74) is 0. The van der Waals surface area contributed by atoms with Crippen LogP contribution in [0.3, 0.4) is 0 Å². The van der Waals surface area contributed by atoms with Gasteiger partial charge in [-0.05, 0) is 18.3 Å². The van der Waals surface area contributed by atoms with E-state index in [0.29, 0.717) is 37.9 Å². The van der Waals surface area contributed by atoms with Crippen molar-refractivity contribution in [3.63, 3.8) is 0 Å². The maximum Gasteiger partial charge on any atom is 0.224 e. The van der Waals surface area contributed by atoms with E-state index in [-0.39, 0.29) is 11.8 Å². The molecule has 130 valence electrons. The fourth-order valence-corrected chi connectivity index (χ4v) is 2.03. The number of rotatable bonds is 11. The predicted octanol–water partition coefficient (Wildman–Crippen LogP) is 2.40. The number of nitrogens with zero attached hydrogens (tertiary/aromatic N) is 2. The van der Waals surface area contributed by atoms with Crippen molar-refractivity contribution in [3.8, 4) is 0 Å². The van der Waals surface area contributed by atoms with E-state index in [4.69, 9.17) is 4.74 Å². The van der Waals surface area contributed by atoms with Crippen molar-refractivity contribution < 1.29 is 14.3 Å². The highest BCUT2D eigenvalue weighted by Gasteiger charge is 2.11. The summed E-state index contributed by atoms with van der Waals surface area (Å²) in [4.78, 5) is 27.1. The van der Waals surface area contributed by atoms with Crippen LogP contribution in [0.2, 0.25) is 0 Å². The molecule has 0 aromatic rings. The SMILES string of the molecule is CC(C)CCN(C)C(=O)CCOCCC(=O)N(C)CC(C)C. The van der Waals surface area contributed by atoms with Crippen LogP contribution in [0.15, 0.2) is 0 Å². The molecule has 5 nitrogen and oxygen atoms in total. The Labute approximate surface area is 136 Å². The summed E-state index contributed by atoms with van der Waals surface area (Å²) in [6.07, 6.45) is 1.77. The zero-order chi connectivity index (χ0) is 17.1. The van der Waals surface area contributed by atoms with Crippen LogP contribution in [-0.4, -0.2) is 62.0 Å². The molecule has 0 aliphatic heterocycles. The molecule has 0 saturated heterocycles. The highest BCUT2D eigenvalue weighted by atomic mass is 16.5. The zero-order valence-corrected chi connectivity index (χ0v) is 15.2.